The van der Waals surface area contributed by atoms with Gasteiger partial charge in [-0.3, -0.25) is 18.8 Å². The quantitative estimate of drug-likeness (QED) is 0.780. The highest BCUT2D eigenvalue weighted by molar-refractivity contribution is 5.77. The average molecular weight is 279 g/mol. The molecule has 20 heavy (non-hydrogen) atoms. The number of ether oxygens (including phenoxy) is 1. The van der Waals surface area contributed by atoms with E-state index in [9.17, 15) is 9.59 Å². The van der Waals surface area contributed by atoms with Crippen molar-refractivity contribution in [3.63, 3.8) is 0 Å². The zero-order chi connectivity index (χ0) is 14.7. The fourth-order valence-electron chi connectivity index (χ4n) is 1.95. The Morgan fingerprint density at radius 3 is 3.00 bits per heavy atom. The molecule has 8 heteroatoms. The maximum Gasteiger partial charge on any atom is 0.264 e. The van der Waals surface area contributed by atoms with Crippen LogP contribution < -0.4 is 10.9 Å². The minimum atomic E-state index is -0.280. The van der Waals surface area contributed by atoms with Gasteiger partial charge in [0.05, 0.1) is 12.8 Å². The summed E-state index contributed by atoms with van der Waals surface area (Å²) >= 11 is 0. The van der Waals surface area contributed by atoms with Crippen molar-refractivity contribution < 1.29 is 9.53 Å². The van der Waals surface area contributed by atoms with Crippen molar-refractivity contribution in [2.75, 3.05) is 13.7 Å². The molecule has 2 rings (SSSR count). The van der Waals surface area contributed by atoms with Crippen LogP contribution in [0.1, 0.15) is 6.92 Å². The summed E-state index contributed by atoms with van der Waals surface area (Å²) in [5, 5.41) is 7.11. The first-order chi connectivity index (χ1) is 9.52. The second-order valence-corrected chi connectivity index (χ2v) is 4.61. The number of carbonyl (C=O) groups excluding carboxylic acids is 1. The molecule has 2 aromatic rings. The molecule has 0 aliphatic rings. The second-order valence-electron chi connectivity index (χ2n) is 4.61. The largest absolute Gasteiger partial charge is 0.383 e. The van der Waals surface area contributed by atoms with Crippen molar-refractivity contribution >= 4 is 16.9 Å². The molecule has 1 amide bonds. The fourth-order valence-corrected chi connectivity index (χ4v) is 1.95. The number of nitrogens with zero attached hydrogens (tertiary/aromatic N) is 4. The fraction of sp³-hybridized carbons (Fsp3) is 0.500. The van der Waals surface area contributed by atoms with Crippen molar-refractivity contribution in [3.05, 3.63) is 22.9 Å². The van der Waals surface area contributed by atoms with Gasteiger partial charge in [0, 0.05) is 20.2 Å². The molecule has 0 spiro atoms. The zero-order valence-corrected chi connectivity index (χ0v) is 11.7. The van der Waals surface area contributed by atoms with Crippen LogP contribution in [-0.2, 0) is 23.1 Å². The molecule has 0 saturated heterocycles. The highest BCUT2D eigenvalue weighted by Gasteiger charge is 2.12. The third kappa shape index (κ3) is 2.85. The molecule has 0 aliphatic carbocycles. The predicted octanol–water partition coefficient (Wildman–Crippen LogP) is -0.719. The standard InChI is InChI=1S/C12H17N5O3/c1-8(6-20-3)15-10(18)5-17-7-13-11-9(12(17)19)4-14-16(11)2/h4,7-8H,5-6H2,1-3H3,(H,15,18)/t8-/m0/s1. The van der Waals surface area contributed by atoms with Gasteiger partial charge in [0.1, 0.15) is 18.3 Å². The second kappa shape index (κ2) is 5.83. The van der Waals surface area contributed by atoms with Gasteiger partial charge in [0.15, 0.2) is 5.65 Å². The Bertz CT molecular complexity index is 675. The van der Waals surface area contributed by atoms with Crippen molar-refractivity contribution in [1.82, 2.24) is 24.6 Å². The van der Waals surface area contributed by atoms with Gasteiger partial charge in [0.25, 0.3) is 5.56 Å². The lowest BCUT2D eigenvalue weighted by Crippen LogP contribution is -2.39. The number of aromatic nitrogens is 4. The van der Waals surface area contributed by atoms with Gasteiger partial charge in [-0.15, -0.1) is 0 Å². The van der Waals surface area contributed by atoms with Gasteiger partial charge >= 0.3 is 0 Å². The van der Waals surface area contributed by atoms with Crippen LogP contribution in [0.15, 0.2) is 17.3 Å². The van der Waals surface area contributed by atoms with Crippen LogP contribution in [0, 0.1) is 0 Å². The normalized spacial score (nSPS) is 12.6. The van der Waals surface area contributed by atoms with Crippen molar-refractivity contribution in [2.24, 2.45) is 7.05 Å². The Hall–Kier alpha value is -2.22. The molecule has 0 bridgehead atoms. The Kier molecular flexibility index (Phi) is 4.14. The van der Waals surface area contributed by atoms with E-state index >= 15 is 0 Å². The number of rotatable bonds is 5. The van der Waals surface area contributed by atoms with Crippen molar-refractivity contribution in [1.29, 1.82) is 0 Å². The molecule has 1 N–H and O–H groups in total. The van der Waals surface area contributed by atoms with Crippen LogP contribution in [0.5, 0.6) is 0 Å². The Morgan fingerprint density at radius 1 is 1.55 bits per heavy atom. The third-order valence-electron chi connectivity index (χ3n) is 2.86. The minimum absolute atomic E-state index is 0.0786. The van der Waals surface area contributed by atoms with Crippen LogP contribution in [0.2, 0.25) is 0 Å². The first kappa shape index (κ1) is 14.2. The SMILES string of the molecule is COC[C@H](C)NC(=O)Cn1cnc2c(cnn2C)c1=O. The number of nitrogens with one attached hydrogen (secondary N) is 1. The predicted molar refractivity (Wildman–Crippen MR) is 72.2 cm³/mol. The summed E-state index contributed by atoms with van der Waals surface area (Å²) < 4.78 is 7.71. The smallest absolute Gasteiger partial charge is 0.264 e. The molecule has 0 aliphatic heterocycles. The van der Waals surface area contributed by atoms with E-state index in [-0.39, 0.29) is 24.1 Å². The van der Waals surface area contributed by atoms with E-state index in [1.54, 1.807) is 14.2 Å². The van der Waals surface area contributed by atoms with E-state index in [1.807, 2.05) is 6.92 Å². The number of carbonyl (C=O) groups is 1. The number of hydrogen-bond donors (Lipinski definition) is 1. The Labute approximate surface area is 115 Å². The Balaban J connectivity index is 2.16. The number of aryl methyl sites for hydroxylation is 1. The zero-order valence-electron chi connectivity index (χ0n) is 11.7. The van der Waals surface area contributed by atoms with Gasteiger partial charge in [-0.1, -0.05) is 0 Å². The van der Waals surface area contributed by atoms with Crippen LogP contribution in [0.3, 0.4) is 0 Å². The Morgan fingerprint density at radius 2 is 2.30 bits per heavy atom. The summed E-state index contributed by atoms with van der Waals surface area (Å²) in [4.78, 5) is 28.1. The van der Waals surface area contributed by atoms with Crippen LogP contribution in [0.25, 0.3) is 11.0 Å². The molecular formula is C12H17N5O3. The average Bonchev–Trinajstić information content (AvgIpc) is 2.75. The molecule has 0 radical (unpaired) electrons. The first-order valence-electron chi connectivity index (χ1n) is 6.18. The maximum absolute atomic E-state index is 12.2. The molecule has 1 atom stereocenters. The number of hydrogen-bond acceptors (Lipinski definition) is 5. The van der Waals surface area contributed by atoms with E-state index in [0.717, 1.165) is 0 Å². The first-order valence-corrected chi connectivity index (χ1v) is 6.18. The number of fused-ring (bicyclic) bond motifs is 1. The van der Waals surface area contributed by atoms with E-state index in [4.69, 9.17) is 4.74 Å². The van der Waals surface area contributed by atoms with E-state index < -0.39 is 0 Å². The lowest BCUT2D eigenvalue weighted by Gasteiger charge is -2.13. The van der Waals surface area contributed by atoms with E-state index in [0.29, 0.717) is 17.6 Å². The molecule has 0 fully saturated rings. The molecule has 0 saturated carbocycles. The summed E-state index contributed by atoms with van der Waals surface area (Å²) in [5.74, 6) is -0.262. The van der Waals surface area contributed by atoms with E-state index in [1.165, 1.54) is 21.8 Å². The maximum atomic E-state index is 12.2. The van der Waals surface area contributed by atoms with Crippen LogP contribution in [-0.4, -0.2) is 45.0 Å². The summed E-state index contributed by atoms with van der Waals surface area (Å²) in [6, 6.07) is -0.113. The highest BCUT2D eigenvalue weighted by Crippen LogP contribution is 2.02. The minimum Gasteiger partial charge on any atom is -0.383 e. The molecule has 2 aromatic heterocycles. The molecule has 0 unspecified atom stereocenters. The summed E-state index contributed by atoms with van der Waals surface area (Å²) in [6.07, 6.45) is 2.81. The summed E-state index contributed by atoms with van der Waals surface area (Å²) in [5.41, 5.74) is 0.219. The lowest BCUT2D eigenvalue weighted by atomic mass is 10.3. The molecule has 2 heterocycles. The molecular weight excluding hydrogens is 262 g/mol. The van der Waals surface area contributed by atoms with Crippen molar-refractivity contribution in [3.8, 4) is 0 Å². The van der Waals surface area contributed by atoms with E-state index in [2.05, 4.69) is 15.4 Å². The van der Waals surface area contributed by atoms with Gasteiger partial charge in [0.2, 0.25) is 5.91 Å². The van der Waals surface area contributed by atoms with Crippen LogP contribution in [0.4, 0.5) is 0 Å². The van der Waals surface area contributed by atoms with Gasteiger partial charge in [-0.2, -0.15) is 5.10 Å². The highest BCUT2D eigenvalue weighted by atomic mass is 16.5. The van der Waals surface area contributed by atoms with Gasteiger partial charge in [-0.05, 0) is 6.92 Å². The van der Waals surface area contributed by atoms with Crippen LogP contribution >= 0.6 is 0 Å². The number of amides is 1. The number of methoxy groups -OCH3 is 1. The van der Waals surface area contributed by atoms with Gasteiger partial charge < -0.3 is 10.1 Å². The monoisotopic (exact) mass is 279 g/mol. The lowest BCUT2D eigenvalue weighted by molar-refractivity contribution is -0.122. The molecule has 8 nitrogen and oxygen atoms in total. The molecule has 0 aromatic carbocycles. The summed E-state index contributed by atoms with van der Waals surface area (Å²) in [7, 11) is 3.27. The molecule has 108 valence electrons. The topological polar surface area (TPSA) is 91.0 Å². The van der Waals surface area contributed by atoms with Crippen molar-refractivity contribution in [2.45, 2.75) is 19.5 Å². The summed E-state index contributed by atoms with van der Waals surface area (Å²) in [6.45, 7) is 2.16. The van der Waals surface area contributed by atoms with Gasteiger partial charge in [-0.25, -0.2) is 4.98 Å². The third-order valence-corrected chi connectivity index (χ3v) is 2.86.